The highest BCUT2D eigenvalue weighted by atomic mass is 32.2. The Kier molecular flexibility index (Phi) is 5.01. The monoisotopic (exact) mass is 399 g/mol. The van der Waals surface area contributed by atoms with Crippen LogP contribution in [0.3, 0.4) is 0 Å². The Morgan fingerprint density at radius 1 is 1.04 bits per heavy atom. The Hall–Kier alpha value is -2.91. The van der Waals surface area contributed by atoms with Gasteiger partial charge in [0.2, 0.25) is 16.0 Å². The van der Waals surface area contributed by atoms with E-state index in [1.54, 1.807) is 30.6 Å². The molecular formula is C19H18FN5O2S. The Bertz CT molecular complexity index is 1060. The molecule has 28 heavy (non-hydrogen) atoms. The molecule has 2 aromatic heterocycles. The van der Waals surface area contributed by atoms with Gasteiger partial charge in [-0.2, -0.15) is 4.31 Å². The maximum Gasteiger partial charge on any atom is 0.243 e. The first-order valence-electron chi connectivity index (χ1n) is 8.82. The van der Waals surface area contributed by atoms with E-state index in [0.29, 0.717) is 30.4 Å². The molecule has 0 bridgehead atoms. The van der Waals surface area contributed by atoms with E-state index in [2.05, 4.69) is 20.3 Å². The van der Waals surface area contributed by atoms with Crippen LogP contribution in [0.15, 0.2) is 65.8 Å². The van der Waals surface area contributed by atoms with E-state index in [0.717, 1.165) is 18.6 Å². The fourth-order valence-electron chi connectivity index (χ4n) is 3.24. The minimum Gasteiger partial charge on any atom is -0.309 e. The van der Waals surface area contributed by atoms with Crippen LogP contribution in [-0.4, -0.2) is 34.2 Å². The summed E-state index contributed by atoms with van der Waals surface area (Å²) in [5.74, 6) is 0.474. The predicted molar refractivity (Wildman–Crippen MR) is 102 cm³/mol. The number of halogens is 1. The van der Waals surface area contributed by atoms with E-state index >= 15 is 0 Å². The normalized spacial score (nSPS) is 17.5. The molecule has 3 heterocycles. The highest BCUT2D eigenvalue weighted by Gasteiger charge is 2.37. The highest BCUT2D eigenvalue weighted by molar-refractivity contribution is 7.89. The summed E-state index contributed by atoms with van der Waals surface area (Å²) in [5, 5.41) is 3.02. The molecule has 1 aliphatic heterocycles. The lowest BCUT2D eigenvalue weighted by Crippen LogP contribution is -2.31. The zero-order valence-corrected chi connectivity index (χ0v) is 15.7. The van der Waals surface area contributed by atoms with E-state index < -0.39 is 21.9 Å². The van der Waals surface area contributed by atoms with Crippen LogP contribution < -0.4 is 5.32 Å². The van der Waals surface area contributed by atoms with Gasteiger partial charge in [-0.25, -0.2) is 27.8 Å². The summed E-state index contributed by atoms with van der Waals surface area (Å²) in [7, 11) is -3.75. The van der Waals surface area contributed by atoms with Gasteiger partial charge in [0.15, 0.2) is 0 Å². The number of pyridine rings is 1. The molecule has 3 aromatic rings. The van der Waals surface area contributed by atoms with Gasteiger partial charge in [-0.3, -0.25) is 0 Å². The summed E-state index contributed by atoms with van der Waals surface area (Å²) in [6, 6.07) is 11.6. The first kappa shape index (κ1) is 18.5. The van der Waals surface area contributed by atoms with Crippen molar-refractivity contribution in [3.05, 3.63) is 72.4 Å². The zero-order valence-electron chi connectivity index (χ0n) is 14.9. The lowest BCUT2D eigenvalue weighted by molar-refractivity contribution is 0.390. The second-order valence-electron chi connectivity index (χ2n) is 6.37. The van der Waals surface area contributed by atoms with Crippen LogP contribution in [-0.2, 0) is 10.0 Å². The van der Waals surface area contributed by atoms with Gasteiger partial charge in [-0.05, 0) is 55.3 Å². The first-order valence-corrected chi connectivity index (χ1v) is 10.3. The van der Waals surface area contributed by atoms with Gasteiger partial charge < -0.3 is 5.32 Å². The van der Waals surface area contributed by atoms with Crippen molar-refractivity contribution in [2.75, 3.05) is 11.9 Å². The van der Waals surface area contributed by atoms with Crippen molar-refractivity contribution < 1.29 is 12.8 Å². The van der Waals surface area contributed by atoms with Gasteiger partial charge >= 0.3 is 0 Å². The molecule has 0 amide bonds. The van der Waals surface area contributed by atoms with Gasteiger partial charge in [0.1, 0.15) is 11.6 Å². The number of hydrogen-bond acceptors (Lipinski definition) is 6. The Morgan fingerprint density at radius 2 is 1.86 bits per heavy atom. The number of hydrogen-bond donors (Lipinski definition) is 1. The first-order chi connectivity index (χ1) is 13.5. The molecule has 0 spiro atoms. The summed E-state index contributed by atoms with van der Waals surface area (Å²) in [6.07, 6.45) is 4.62. The number of nitrogens with zero attached hydrogens (tertiary/aromatic N) is 4. The molecule has 1 atom stereocenters. The van der Waals surface area contributed by atoms with Gasteiger partial charge in [0.05, 0.1) is 16.6 Å². The van der Waals surface area contributed by atoms with E-state index in [1.165, 1.54) is 16.4 Å². The maximum atomic E-state index is 13.2. The van der Waals surface area contributed by atoms with Crippen molar-refractivity contribution in [3.63, 3.8) is 0 Å². The standard InChI is InChI=1S/C19H18FN5O2S/c20-14-6-8-15(9-7-14)28(26,27)25-13-3-4-17(25)16-10-12-22-19(23-16)24-18-5-1-2-11-21-18/h1-2,5-12,17H,3-4,13H2,(H,21,22,23,24). The van der Waals surface area contributed by atoms with Crippen molar-refractivity contribution >= 4 is 21.8 Å². The minimum absolute atomic E-state index is 0.0710. The van der Waals surface area contributed by atoms with Gasteiger partial charge in [-0.15, -0.1) is 0 Å². The fraction of sp³-hybridized carbons (Fsp3) is 0.211. The third kappa shape index (κ3) is 3.71. The third-order valence-electron chi connectivity index (χ3n) is 4.55. The SMILES string of the molecule is O=S(=O)(c1ccc(F)cc1)N1CCCC1c1ccnc(Nc2ccccn2)n1. The second kappa shape index (κ2) is 7.61. The van der Waals surface area contributed by atoms with Crippen molar-refractivity contribution in [2.24, 2.45) is 0 Å². The number of sulfonamides is 1. The molecule has 1 aliphatic rings. The van der Waals surface area contributed by atoms with Crippen molar-refractivity contribution in [1.82, 2.24) is 19.3 Å². The number of rotatable bonds is 5. The van der Waals surface area contributed by atoms with Gasteiger partial charge in [0.25, 0.3) is 0 Å². The fourth-order valence-corrected chi connectivity index (χ4v) is 4.90. The summed E-state index contributed by atoms with van der Waals surface area (Å²) >= 11 is 0. The quantitative estimate of drug-likeness (QED) is 0.708. The Labute approximate surface area is 162 Å². The molecule has 0 aliphatic carbocycles. The molecular weight excluding hydrogens is 381 g/mol. The van der Waals surface area contributed by atoms with Crippen LogP contribution in [0.2, 0.25) is 0 Å². The molecule has 0 saturated carbocycles. The molecule has 1 aromatic carbocycles. The summed E-state index contributed by atoms with van der Waals surface area (Å²) < 4.78 is 40.7. The lowest BCUT2D eigenvalue weighted by Gasteiger charge is -2.24. The number of aromatic nitrogens is 3. The molecule has 144 valence electrons. The molecule has 0 radical (unpaired) electrons. The third-order valence-corrected chi connectivity index (χ3v) is 6.47. The van der Waals surface area contributed by atoms with Crippen LogP contribution in [0.25, 0.3) is 0 Å². The molecule has 9 heteroatoms. The topological polar surface area (TPSA) is 88.1 Å². The van der Waals surface area contributed by atoms with Crippen molar-refractivity contribution in [1.29, 1.82) is 0 Å². The zero-order chi connectivity index (χ0) is 19.6. The second-order valence-corrected chi connectivity index (χ2v) is 8.26. The molecule has 7 nitrogen and oxygen atoms in total. The minimum atomic E-state index is -3.75. The van der Waals surface area contributed by atoms with Crippen molar-refractivity contribution in [2.45, 2.75) is 23.8 Å². The summed E-state index contributed by atoms with van der Waals surface area (Å²) in [4.78, 5) is 12.9. The van der Waals surface area contributed by atoms with E-state index in [-0.39, 0.29) is 4.90 Å². The molecule has 1 saturated heterocycles. The van der Waals surface area contributed by atoms with Crippen molar-refractivity contribution in [3.8, 4) is 0 Å². The molecule has 4 rings (SSSR count). The Balaban J connectivity index is 1.61. The van der Waals surface area contributed by atoms with Crippen LogP contribution in [0, 0.1) is 5.82 Å². The average molecular weight is 399 g/mol. The largest absolute Gasteiger partial charge is 0.309 e. The van der Waals surface area contributed by atoms with Gasteiger partial charge in [0, 0.05) is 18.9 Å². The van der Waals surface area contributed by atoms with Crippen LogP contribution in [0.1, 0.15) is 24.6 Å². The molecule has 1 unspecified atom stereocenters. The summed E-state index contributed by atoms with van der Waals surface area (Å²) in [6.45, 7) is 0.386. The summed E-state index contributed by atoms with van der Waals surface area (Å²) in [5.41, 5.74) is 0.608. The number of benzene rings is 1. The molecule has 1 fully saturated rings. The smallest absolute Gasteiger partial charge is 0.243 e. The van der Waals surface area contributed by atoms with Crippen LogP contribution >= 0.6 is 0 Å². The van der Waals surface area contributed by atoms with Gasteiger partial charge in [-0.1, -0.05) is 6.07 Å². The van der Waals surface area contributed by atoms with E-state index in [9.17, 15) is 12.8 Å². The maximum absolute atomic E-state index is 13.2. The highest BCUT2D eigenvalue weighted by Crippen LogP contribution is 2.36. The lowest BCUT2D eigenvalue weighted by atomic mass is 10.1. The molecule has 1 N–H and O–H groups in total. The van der Waals surface area contributed by atoms with E-state index in [4.69, 9.17) is 0 Å². The Morgan fingerprint density at radius 3 is 2.61 bits per heavy atom. The van der Waals surface area contributed by atoms with Crippen LogP contribution in [0.4, 0.5) is 16.2 Å². The van der Waals surface area contributed by atoms with E-state index in [1.807, 2.05) is 6.07 Å². The number of nitrogens with one attached hydrogen (secondary N) is 1. The average Bonchev–Trinajstić information content (AvgIpc) is 3.20. The predicted octanol–water partition coefficient (Wildman–Crippen LogP) is 3.28. The number of anilines is 2. The van der Waals surface area contributed by atoms with Crippen LogP contribution in [0.5, 0.6) is 0 Å².